The van der Waals surface area contributed by atoms with Crippen molar-refractivity contribution in [3.63, 3.8) is 0 Å². The molecule has 1 unspecified atom stereocenters. The summed E-state index contributed by atoms with van der Waals surface area (Å²) in [4.78, 5) is 10.8. The summed E-state index contributed by atoms with van der Waals surface area (Å²) >= 11 is 0. The van der Waals surface area contributed by atoms with Gasteiger partial charge < -0.3 is 10.3 Å². The fraction of sp³-hybridized carbons (Fsp3) is 0.250. The summed E-state index contributed by atoms with van der Waals surface area (Å²) < 4.78 is 1.54. The smallest absolute Gasteiger partial charge is 0.240 e. The van der Waals surface area contributed by atoms with Crippen LogP contribution in [0, 0.1) is 11.3 Å². The third kappa shape index (κ3) is 1.30. The normalized spacial score (nSPS) is 12.0. The number of nitrogens with two attached hydrogens (primary N) is 1. The molecule has 0 aliphatic carbocycles. The predicted octanol–water partition coefficient (Wildman–Crippen LogP) is 0.406. The molecule has 1 amide bonds. The van der Waals surface area contributed by atoms with E-state index in [-0.39, 0.29) is 0 Å². The Morgan fingerprint density at radius 3 is 3.00 bits per heavy atom. The van der Waals surface area contributed by atoms with Crippen LogP contribution in [0.25, 0.3) is 0 Å². The molecule has 1 heterocycles. The maximum atomic E-state index is 10.8. The monoisotopic (exact) mass is 163 g/mol. The fourth-order valence-electron chi connectivity index (χ4n) is 0.963. The Hall–Kier alpha value is -1.76. The van der Waals surface area contributed by atoms with Crippen LogP contribution >= 0.6 is 0 Å². The van der Waals surface area contributed by atoms with Gasteiger partial charge in [-0.2, -0.15) is 5.26 Å². The van der Waals surface area contributed by atoms with Gasteiger partial charge in [0.05, 0.1) is 0 Å². The zero-order valence-corrected chi connectivity index (χ0v) is 6.69. The van der Waals surface area contributed by atoms with Crippen molar-refractivity contribution in [3.05, 3.63) is 24.0 Å². The second kappa shape index (κ2) is 3.09. The number of amides is 1. The summed E-state index contributed by atoms with van der Waals surface area (Å²) in [6.07, 6.45) is 1.66. The zero-order valence-electron chi connectivity index (χ0n) is 6.69. The van der Waals surface area contributed by atoms with Crippen molar-refractivity contribution in [3.8, 4) is 6.07 Å². The van der Waals surface area contributed by atoms with Crippen molar-refractivity contribution in [2.24, 2.45) is 5.73 Å². The maximum absolute atomic E-state index is 10.8. The molecule has 0 fully saturated rings. The van der Waals surface area contributed by atoms with E-state index in [0.717, 1.165) is 0 Å². The number of aromatic nitrogens is 1. The summed E-state index contributed by atoms with van der Waals surface area (Å²) in [7, 11) is 0. The van der Waals surface area contributed by atoms with Crippen molar-refractivity contribution >= 4 is 5.91 Å². The van der Waals surface area contributed by atoms with Crippen LogP contribution < -0.4 is 5.73 Å². The first-order chi connectivity index (χ1) is 5.66. The van der Waals surface area contributed by atoms with E-state index >= 15 is 0 Å². The van der Waals surface area contributed by atoms with Gasteiger partial charge in [-0.05, 0) is 19.1 Å². The van der Waals surface area contributed by atoms with Gasteiger partial charge in [0.15, 0.2) is 0 Å². The van der Waals surface area contributed by atoms with Gasteiger partial charge in [-0.1, -0.05) is 0 Å². The Morgan fingerprint density at radius 2 is 2.50 bits per heavy atom. The molecular formula is C8H9N3O. The van der Waals surface area contributed by atoms with Crippen LogP contribution in [0.5, 0.6) is 0 Å². The molecule has 0 spiro atoms. The Kier molecular flexibility index (Phi) is 2.15. The molecule has 0 aromatic carbocycles. The molecule has 4 heteroatoms. The van der Waals surface area contributed by atoms with Crippen molar-refractivity contribution in [2.45, 2.75) is 13.0 Å². The summed E-state index contributed by atoms with van der Waals surface area (Å²) in [6, 6.07) is 4.85. The highest BCUT2D eigenvalue weighted by molar-refractivity contribution is 5.78. The summed E-state index contributed by atoms with van der Waals surface area (Å²) in [6.45, 7) is 1.66. The zero-order chi connectivity index (χ0) is 9.14. The standard InChI is InChI=1S/C8H9N3O/c1-6(8(10)12)11-4-2-3-7(11)5-9/h2-4,6H,1H3,(H2,10,12). The minimum Gasteiger partial charge on any atom is -0.368 e. The van der Waals surface area contributed by atoms with E-state index in [2.05, 4.69) is 0 Å². The van der Waals surface area contributed by atoms with Crippen LogP contribution in [-0.4, -0.2) is 10.5 Å². The van der Waals surface area contributed by atoms with E-state index in [0.29, 0.717) is 5.69 Å². The molecule has 0 radical (unpaired) electrons. The summed E-state index contributed by atoms with van der Waals surface area (Å²) in [5, 5.41) is 8.62. The van der Waals surface area contributed by atoms with Crippen LogP contribution in [-0.2, 0) is 4.79 Å². The minimum absolute atomic E-state index is 0.442. The second-order valence-corrected chi connectivity index (χ2v) is 2.49. The number of hydrogen-bond donors (Lipinski definition) is 1. The lowest BCUT2D eigenvalue weighted by Gasteiger charge is -2.09. The van der Waals surface area contributed by atoms with Crippen LogP contribution in [0.1, 0.15) is 18.7 Å². The Balaban J connectivity index is 3.03. The lowest BCUT2D eigenvalue weighted by atomic mass is 10.3. The third-order valence-electron chi connectivity index (χ3n) is 1.72. The Bertz CT molecular complexity index is 334. The first-order valence-corrected chi connectivity index (χ1v) is 3.53. The summed E-state index contributed by atoms with van der Waals surface area (Å²) in [5.74, 6) is -0.442. The molecule has 2 N–H and O–H groups in total. The lowest BCUT2D eigenvalue weighted by molar-refractivity contribution is -0.120. The van der Waals surface area contributed by atoms with E-state index in [1.54, 1.807) is 29.8 Å². The molecule has 0 bridgehead atoms. The molecule has 4 nitrogen and oxygen atoms in total. The van der Waals surface area contributed by atoms with Crippen molar-refractivity contribution in [1.29, 1.82) is 5.26 Å². The van der Waals surface area contributed by atoms with E-state index in [1.807, 2.05) is 6.07 Å². The molecule has 0 saturated heterocycles. The highest BCUT2D eigenvalue weighted by Crippen LogP contribution is 2.09. The predicted molar refractivity (Wildman–Crippen MR) is 43.1 cm³/mol. The Labute approximate surface area is 70.2 Å². The van der Waals surface area contributed by atoms with Gasteiger partial charge in [0.1, 0.15) is 17.8 Å². The number of carbonyl (C=O) groups excluding carboxylic acids is 1. The highest BCUT2D eigenvalue weighted by Gasteiger charge is 2.12. The number of carbonyl (C=O) groups is 1. The van der Waals surface area contributed by atoms with E-state index in [1.165, 1.54) is 0 Å². The van der Waals surface area contributed by atoms with Crippen LogP contribution in [0.2, 0.25) is 0 Å². The maximum Gasteiger partial charge on any atom is 0.240 e. The van der Waals surface area contributed by atoms with Crippen LogP contribution in [0.15, 0.2) is 18.3 Å². The van der Waals surface area contributed by atoms with Gasteiger partial charge in [-0.25, -0.2) is 0 Å². The van der Waals surface area contributed by atoms with Gasteiger partial charge >= 0.3 is 0 Å². The lowest BCUT2D eigenvalue weighted by Crippen LogP contribution is -2.24. The van der Waals surface area contributed by atoms with Crippen molar-refractivity contribution < 1.29 is 4.79 Å². The fourth-order valence-corrected chi connectivity index (χ4v) is 0.963. The van der Waals surface area contributed by atoms with Crippen LogP contribution in [0.3, 0.4) is 0 Å². The van der Waals surface area contributed by atoms with E-state index in [4.69, 9.17) is 11.0 Å². The number of nitriles is 1. The molecular weight excluding hydrogens is 154 g/mol. The minimum atomic E-state index is -0.463. The molecule has 0 aliphatic heterocycles. The van der Waals surface area contributed by atoms with Gasteiger partial charge in [-0.3, -0.25) is 4.79 Å². The molecule has 0 aliphatic rings. The van der Waals surface area contributed by atoms with Crippen molar-refractivity contribution in [1.82, 2.24) is 4.57 Å². The van der Waals surface area contributed by atoms with E-state index in [9.17, 15) is 4.79 Å². The number of nitrogens with zero attached hydrogens (tertiary/aromatic N) is 2. The first kappa shape index (κ1) is 8.34. The van der Waals surface area contributed by atoms with Gasteiger partial charge in [0, 0.05) is 6.20 Å². The van der Waals surface area contributed by atoms with Crippen LogP contribution in [0.4, 0.5) is 0 Å². The molecule has 0 saturated carbocycles. The quantitative estimate of drug-likeness (QED) is 0.685. The largest absolute Gasteiger partial charge is 0.368 e. The Morgan fingerprint density at radius 1 is 1.83 bits per heavy atom. The van der Waals surface area contributed by atoms with Gasteiger partial charge in [0.25, 0.3) is 0 Å². The van der Waals surface area contributed by atoms with Crippen molar-refractivity contribution in [2.75, 3.05) is 0 Å². The molecule has 1 aromatic heterocycles. The third-order valence-corrected chi connectivity index (χ3v) is 1.72. The SMILES string of the molecule is CC(C(N)=O)n1cccc1C#N. The average Bonchev–Trinajstić information content (AvgIpc) is 2.49. The molecule has 12 heavy (non-hydrogen) atoms. The number of primary amides is 1. The molecule has 1 aromatic rings. The molecule has 1 atom stereocenters. The molecule has 62 valence electrons. The topological polar surface area (TPSA) is 71.8 Å². The first-order valence-electron chi connectivity index (χ1n) is 3.53. The second-order valence-electron chi connectivity index (χ2n) is 2.49. The van der Waals surface area contributed by atoms with Gasteiger partial charge in [-0.15, -0.1) is 0 Å². The number of hydrogen-bond acceptors (Lipinski definition) is 2. The van der Waals surface area contributed by atoms with E-state index < -0.39 is 11.9 Å². The molecule has 1 rings (SSSR count). The van der Waals surface area contributed by atoms with Gasteiger partial charge in [0.2, 0.25) is 5.91 Å². The summed E-state index contributed by atoms with van der Waals surface area (Å²) in [5.41, 5.74) is 5.53. The highest BCUT2D eigenvalue weighted by atomic mass is 16.1. The number of rotatable bonds is 2. The average molecular weight is 163 g/mol.